The van der Waals surface area contributed by atoms with Crippen molar-refractivity contribution < 1.29 is 4.79 Å². The molecular formula is C16H24N2O. The Balaban J connectivity index is 1.81. The summed E-state index contributed by atoms with van der Waals surface area (Å²) in [6, 6.07) is 6.73. The zero-order valence-electron chi connectivity index (χ0n) is 12.0. The first-order valence-corrected chi connectivity index (χ1v) is 7.21. The lowest BCUT2D eigenvalue weighted by molar-refractivity contribution is -0.121. The van der Waals surface area contributed by atoms with Crippen LogP contribution in [0.4, 0.5) is 0 Å². The van der Waals surface area contributed by atoms with E-state index in [1.807, 2.05) is 0 Å². The molecule has 0 aliphatic carbocycles. The Morgan fingerprint density at radius 2 is 2.21 bits per heavy atom. The van der Waals surface area contributed by atoms with Crippen LogP contribution < -0.4 is 10.6 Å². The van der Waals surface area contributed by atoms with Crippen molar-refractivity contribution >= 4 is 5.91 Å². The van der Waals surface area contributed by atoms with E-state index in [-0.39, 0.29) is 5.91 Å². The second-order valence-corrected chi connectivity index (χ2v) is 5.56. The Bertz CT molecular complexity index is 436. The average molecular weight is 260 g/mol. The highest BCUT2D eigenvalue weighted by Crippen LogP contribution is 2.12. The van der Waals surface area contributed by atoms with Crippen LogP contribution in [0.1, 0.15) is 42.4 Å². The zero-order chi connectivity index (χ0) is 13.7. The molecule has 1 aromatic carbocycles. The third kappa shape index (κ3) is 4.35. The zero-order valence-corrected chi connectivity index (χ0v) is 12.0. The fourth-order valence-corrected chi connectivity index (χ4v) is 2.58. The van der Waals surface area contributed by atoms with Gasteiger partial charge in [-0.1, -0.05) is 30.2 Å². The summed E-state index contributed by atoms with van der Waals surface area (Å²) in [5.41, 5.74) is 3.69. The van der Waals surface area contributed by atoms with Crippen molar-refractivity contribution in [1.82, 2.24) is 10.6 Å². The number of benzene rings is 1. The summed E-state index contributed by atoms with van der Waals surface area (Å²) in [6.45, 7) is 5.86. The molecule has 0 radical (unpaired) electrons. The summed E-state index contributed by atoms with van der Waals surface area (Å²) in [5.74, 6) is 0.153. The lowest BCUT2D eigenvalue weighted by Crippen LogP contribution is -2.38. The van der Waals surface area contributed by atoms with Crippen molar-refractivity contribution in [2.45, 2.75) is 52.1 Å². The maximum atomic E-state index is 11.9. The van der Waals surface area contributed by atoms with Gasteiger partial charge in [-0.25, -0.2) is 0 Å². The molecule has 0 aromatic heterocycles. The van der Waals surface area contributed by atoms with Gasteiger partial charge < -0.3 is 10.6 Å². The maximum Gasteiger partial charge on any atom is 0.221 e. The van der Waals surface area contributed by atoms with E-state index >= 15 is 0 Å². The molecule has 1 heterocycles. The van der Waals surface area contributed by atoms with E-state index < -0.39 is 0 Å². The number of hydrogen-bond acceptors (Lipinski definition) is 2. The topological polar surface area (TPSA) is 41.1 Å². The predicted molar refractivity (Wildman–Crippen MR) is 78.0 cm³/mol. The summed E-state index contributed by atoms with van der Waals surface area (Å²) in [4.78, 5) is 11.9. The van der Waals surface area contributed by atoms with Crippen LogP contribution >= 0.6 is 0 Å². The molecule has 0 saturated carbocycles. The van der Waals surface area contributed by atoms with Gasteiger partial charge in [0.15, 0.2) is 0 Å². The number of amides is 1. The maximum absolute atomic E-state index is 11.9. The molecule has 1 aliphatic rings. The molecule has 1 amide bonds. The third-order valence-corrected chi connectivity index (χ3v) is 3.82. The SMILES string of the molecule is Cc1ccc(C)c(CNC(=O)CC2CCCCN2)c1. The minimum atomic E-state index is 0.153. The van der Waals surface area contributed by atoms with Crippen LogP contribution in [-0.4, -0.2) is 18.5 Å². The number of carbonyl (C=O) groups is 1. The van der Waals surface area contributed by atoms with Crippen LogP contribution in [0.2, 0.25) is 0 Å². The average Bonchev–Trinajstić information content (AvgIpc) is 2.41. The van der Waals surface area contributed by atoms with Crippen molar-refractivity contribution in [2.75, 3.05) is 6.54 Å². The van der Waals surface area contributed by atoms with Crippen molar-refractivity contribution in [3.05, 3.63) is 34.9 Å². The van der Waals surface area contributed by atoms with E-state index in [1.165, 1.54) is 29.5 Å². The molecule has 1 fully saturated rings. The lowest BCUT2D eigenvalue weighted by Gasteiger charge is -2.22. The first-order chi connectivity index (χ1) is 9.15. The Morgan fingerprint density at radius 1 is 1.37 bits per heavy atom. The summed E-state index contributed by atoms with van der Waals surface area (Å²) in [5, 5.41) is 6.44. The van der Waals surface area contributed by atoms with Gasteiger partial charge in [0.1, 0.15) is 0 Å². The van der Waals surface area contributed by atoms with E-state index in [2.05, 4.69) is 42.7 Å². The number of aryl methyl sites for hydroxylation is 2. The van der Waals surface area contributed by atoms with E-state index in [0.29, 0.717) is 19.0 Å². The second kappa shape index (κ2) is 6.71. The Labute approximate surface area is 115 Å². The van der Waals surface area contributed by atoms with Gasteiger partial charge in [-0.2, -0.15) is 0 Å². The van der Waals surface area contributed by atoms with Crippen LogP contribution in [0.3, 0.4) is 0 Å². The lowest BCUT2D eigenvalue weighted by atomic mass is 10.0. The fraction of sp³-hybridized carbons (Fsp3) is 0.562. The molecule has 19 heavy (non-hydrogen) atoms. The second-order valence-electron chi connectivity index (χ2n) is 5.56. The highest BCUT2D eigenvalue weighted by atomic mass is 16.1. The molecule has 2 N–H and O–H groups in total. The summed E-state index contributed by atoms with van der Waals surface area (Å²) in [6.07, 6.45) is 4.20. The molecular weight excluding hydrogens is 236 g/mol. The summed E-state index contributed by atoms with van der Waals surface area (Å²) >= 11 is 0. The van der Waals surface area contributed by atoms with E-state index in [0.717, 1.165) is 13.0 Å². The number of piperidine rings is 1. The van der Waals surface area contributed by atoms with E-state index in [1.54, 1.807) is 0 Å². The molecule has 1 unspecified atom stereocenters. The van der Waals surface area contributed by atoms with Gasteiger partial charge in [-0.15, -0.1) is 0 Å². The Kier molecular flexibility index (Phi) is 4.97. The highest BCUT2D eigenvalue weighted by Gasteiger charge is 2.16. The molecule has 0 bridgehead atoms. The van der Waals surface area contributed by atoms with Crippen LogP contribution in [0.5, 0.6) is 0 Å². The summed E-state index contributed by atoms with van der Waals surface area (Å²) < 4.78 is 0. The van der Waals surface area contributed by atoms with Crippen LogP contribution in [0.15, 0.2) is 18.2 Å². The molecule has 3 nitrogen and oxygen atoms in total. The quantitative estimate of drug-likeness (QED) is 0.873. The number of nitrogens with one attached hydrogen (secondary N) is 2. The fourth-order valence-electron chi connectivity index (χ4n) is 2.58. The molecule has 1 aromatic rings. The van der Waals surface area contributed by atoms with Gasteiger partial charge in [0, 0.05) is 19.0 Å². The monoisotopic (exact) mass is 260 g/mol. The van der Waals surface area contributed by atoms with Crippen molar-refractivity contribution in [3.8, 4) is 0 Å². The number of hydrogen-bond donors (Lipinski definition) is 2. The van der Waals surface area contributed by atoms with Crippen LogP contribution in [0.25, 0.3) is 0 Å². The van der Waals surface area contributed by atoms with E-state index in [9.17, 15) is 4.79 Å². The smallest absolute Gasteiger partial charge is 0.221 e. The first kappa shape index (κ1) is 14.1. The molecule has 2 rings (SSSR count). The minimum absolute atomic E-state index is 0.153. The minimum Gasteiger partial charge on any atom is -0.352 e. The van der Waals surface area contributed by atoms with Gasteiger partial charge >= 0.3 is 0 Å². The van der Waals surface area contributed by atoms with Gasteiger partial charge in [-0.3, -0.25) is 4.79 Å². The standard InChI is InChI=1S/C16H24N2O/c1-12-6-7-13(2)14(9-12)11-18-16(19)10-15-5-3-4-8-17-15/h6-7,9,15,17H,3-5,8,10-11H2,1-2H3,(H,18,19). The third-order valence-electron chi connectivity index (χ3n) is 3.82. The first-order valence-electron chi connectivity index (χ1n) is 7.21. The normalized spacial score (nSPS) is 19.2. The van der Waals surface area contributed by atoms with Crippen molar-refractivity contribution in [3.63, 3.8) is 0 Å². The largest absolute Gasteiger partial charge is 0.352 e. The molecule has 104 valence electrons. The Morgan fingerprint density at radius 3 is 2.95 bits per heavy atom. The number of rotatable bonds is 4. The molecule has 1 atom stereocenters. The van der Waals surface area contributed by atoms with Gasteiger partial charge in [0.25, 0.3) is 0 Å². The molecule has 0 spiro atoms. The van der Waals surface area contributed by atoms with Gasteiger partial charge in [0.05, 0.1) is 0 Å². The van der Waals surface area contributed by atoms with Crippen molar-refractivity contribution in [2.24, 2.45) is 0 Å². The van der Waals surface area contributed by atoms with Crippen LogP contribution in [0, 0.1) is 13.8 Å². The van der Waals surface area contributed by atoms with Crippen molar-refractivity contribution in [1.29, 1.82) is 0 Å². The molecule has 3 heteroatoms. The predicted octanol–water partition coefficient (Wildman–Crippen LogP) is 2.45. The van der Waals surface area contributed by atoms with Crippen LogP contribution in [-0.2, 0) is 11.3 Å². The van der Waals surface area contributed by atoms with Gasteiger partial charge in [-0.05, 0) is 44.4 Å². The number of carbonyl (C=O) groups excluding carboxylic acids is 1. The molecule has 1 aliphatic heterocycles. The molecule has 1 saturated heterocycles. The summed E-state index contributed by atoms with van der Waals surface area (Å²) in [7, 11) is 0. The Hall–Kier alpha value is -1.35. The van der Waals surface area contributed by atoms with Gasteiger partial charge in [0.2, 0.25) is 5.91 Å². The van der Waals surface area contributed by atoms with E-state index in [4.69, 9.17) is 0 Å². The highest BCUT2D eigenvalue weighted by molar-refractivity contribution is 5.76.